The van der Waals surface area contributed by atoms with Crippen LogP contribution in [0.15, 0.2) is 45.6 Å². The summed E-state index contributed by atoms with van der Waals surface area (Å²) >= 11 is 0. The van der Waals surface area contributed by atoms with Crippen molar-refractivity contribution in [1.82, 2.24) is 0 Å². The Morgan fingerprint density at radius 1 is 0.875 bits per heavy atom. The topological polar surface area (TPSA) is 78.9 Å². The molecule has 24 heavy (non-hydrogen) atoms. The minimum atomic E-state index is -1.34. The van der Waals surface area contributed by atoms with Gasteiger partial charge in [0.2, 0.25) is 11.5 Å². The summed E-state index contributed by atoms with van der Waals surface area (Å²) in [7, 11) is -1.34. The van der Waals surface area contributed by atoms with Crippen LogP contribution >= 0.6 is 10.0 Å². The normalized spacial score (nSPS) is 17.8. The molecule has 6 nitrogen and oxygen atoms in total. The fourth-order valence-electron chi connectivity index (χ4n) is 2.65. The molecule has 1 aliphatic heterocycles. The summed E-state index contributed by atoms with van der Waals surface area (Å²) in [5.41, 5.74) is 0. The molecule has 0 N–H and O–H groups in total. The molecule has 0 atom stereocenters. The number of rotatable bonds is 6. The largest absolute Gasteiger partial charge is 0.457 e. The third-order valence-electron chi connectivity index (χ3n) is 3.98. The Hall–Kier alpha value is -2.15. The highest BCUT2D eigenvalue weighted by molar-refractivity contribution is 8.33. The SMILES string of the molecule is O=C(OCS1(COC(=O)c2ccco2)CCCCC1)c1ccco1. The number of furan rings is 2. The molecule has 0 aliphatic carbocycles. The summed E-state index contributed by atoms with van der Waals surface area (Å²) in [6.07, 6.45) is 6.15. The molecule has 0 aromatic carbocycles. The van der Waals surface area contributed by atoms with Crippen LogP contribution in [0.25, 0.3) is 0 Å². The van der Waals surface area contributed by atoms with Crippen molar-refractivity contribution in [2.45, 2.75) is 19.3 Å². The molecule has 3 rings (SSSR count). The van der Waals surface area contributed by atoms with Crippen LogP contribution in [0.2, 0.25) is 0 Å². The zero-order chi connectivity index (χ0) is 16.8. The molecule has 0 unspecified atom stereocenters. The highest BCUT2D eigenvalue weighted by Gasteiger charge is 2.31. The number of hydrogen-bond donors (Lipinski definition) is 0. The van der Waals surface area contributed by atoms with E-state index in [1.807, 2.05) is 0 Å². The van der Waals surface area contributed by atoms with Crippen LogP contribution in [0.3, 0.4) is 0 Å². The molecule has 0 saturated carbocycles. The van der Waals surface area contributed by atoms with Gasteiger partial charge in [-0.3, -0.25) is 0 Å². The zero-order valence-electron chi connectivity index (χ0n) is 13.3. The van der Waals surface area contributed by atoms with Crippen LogP contribution in [0.5, 0.6) is 0 Å². The number of hydrogen-bond acceptors (Lipinski definition) is 6. The monoisotopic (exact) mass is 352 g/mol. The maximum Gasteiger partial charge on any atom is 0.374 e. The maximum atomic E-state index is 12.0. The Labute approximate surface area is 141 Å². The predicted molar refractivity (Wildman–Crippen MR) is 89.2 cm³/mol. The van der Waals surface area contributed by atoms with E-state index in [4.69, 9.17) is 18.3 Å². The van der Waals surface area contributed by atoms with Crippen molar-refractivity contribution in [3.8, 4) is 0 Å². The number of esters is 2. The lowest BCUT2D eigenvalue weighted by molar-refractivity contribution is 0.0520. The molecule has 0 amide bonds. The molecule has 0 radical (unpaired) electrons. The smallest absolute Gasteiger partial charge is 0.374 e. The van der Waals surface area contributed by atoms with Crippen LogP contribution in [0.1, 0.15) is 40.4 Å². The average Bonchev–Trinajstić information content (AvgIpc) is 3.32. The highest BCUT2D eigenvalue weighted by atomic mass is 32.3. The molecule has 1 saturated heterocycles. The van der Waals surface area contributed by atoms with E-state index in [1.165, 1.54) is 12.5 Å². The van der Waals surface area contributed by atoms with E-state index >= 15 is 0 Å². The lowest BCUT2D eigenvalue weighted by Crippen LogP contribution is -2.26. The molecule has 7 heteroatoms. The van der Waals surface area contributed by atoms with Gasteiger partial charge >= 0.3 is 11.9 Å². The number of carbonyl (C=O) groups excluding carboxylic acids is 2. The predicted octanol–water partition coefficient (Wildman–Crippen LogP) is 3.79. The molecule has 130 valence electrons. The van der Waals surface area contributed by atoms with Crippen molar-refractivity contribution < 1.29 is 27.9 Å². The summed E-state index contributed by atoms with van der Waals surface area (Å²) in [6, 6.07) is 6.43. The minimum Gasteiger partial charge on any atom is -0.457 e. The number of ether oxygens (including phenoxy) is 2. The summed E-state index contributed by atoms with van der Waals surface area (Å²) in [6.45, 7) is 0. The maximum absolute atomic E-state index is 12.0. The standard InChI is InChI=1S/C17H20O6S/c18-16(14-6-4-8-20-14)22-12-24(10-2-1-3-11-24)13-23-17(19)15-7-5-9-21-15/h4-9H,1-3,10-13H2. The Kier molecular flexibility index (Phi) is 5.30. The fourth-order valence-corrected chi connectivity index (χ4v) is 5.74. The van der Waals surface area contributed by atoms with Crippen LogP contribution in [-0.4, -0.2) is 35.3 Å². The number of carbonyl (C=O) groups is 2. The zero-order valence-corrected chi connectivity index (χ0v) is 14.1. The van der Waals surface area contributed by atoms with Crippen molar-refractivity contribution in [3.63, 3.8) is 0 Å². The van der Waals surface area contributed by atoms with Crippen LogP contribution in [0.4, 0.5) is 0 Å². The molecule has 0 spiro atoms. The van der Waals surface area contributed by atoms with Gasteiger partial charge in [-0.15, -0.1) is 0 Å². The van der Waals surface area contributed by atoms with Gasteiger partial charge in [0.05, 0.1) is 12.5 Å². The second-order valence-corrected chi connectivity index (χ2v) is 9.48. The summed E-state index contributed by atoms with van der Waals surface area (Å²) in [5, 5.41) is 0. The van der Waals surface area contributed by atoms with Gasteiger partial charge in [0, 0.05) is 0 Å². The Morgan fingerprint density at radius 2 is 1.38 bits per heavy atom. The van der Waals surface area contributed by atoms with E-state index in [-0.39, 0.29) is 23.4 Å². The summed E-state index contributed by atoms with van der Waals surface area (Å²) < 4.78 is 21.0. The average molecular weight is 352 g/mol. The van der Waals surface area contributed by atoms with E-state index in [1.54, 1.807) is 24.3 Å². The molecule has 2 aromatic heterocycles. The first kappa shape index (κ1) is 16.7. The van der Waals surface area contributed by atoms with Gasteiger partial charge in [0.25, 0.3) is 0 Å². The second kappa shape index (κ2) is 7.61. The van der Waals surface area contributed by atoms with Gasteiger partial charge in [0.15, 0.2) is 0 Å². The lowest BCUT2D eigenvalue weighted by atomic mass is 10.3. The van der Waals surface area contributed by atoms with Crippen LogP contribution < -0.4 is 0 Å². The highest BCUT2D eigenvalue weighted by Crippen LogP contribution is 2.52. The van der Waals surface area contributed by atoms with E-state index in [9.17, 15) is 9.59 Å². The molecule has 0 bridgehead atoms. The Bertz CT molecular complexity index is 603. The fraction of sp³-hybridized carbons (Fsp3) is 0.412. The van der Waals surface area contributed by atoms with Crippen molar-refractivity contribution in [3.05, 3.63) is 48.3 Å². The molecular weight excluding hydrogens is 332 g/mol. The van der Waals surface area contributed by atoms with Gasteiger partial charge in [-0.1, -0.05) is 6.42 Å². The van der Waals surface area contributed by atoms with Gasteiger partial charge in [-0.05, 0) is 48.6 Å². The third kappa shape index (κ3) is 4.03. The van der Waals surface area contributed by atoms with Gasteiger partial charge in [-0.25, -0.2) is 9.59 Å². The summed E-state index contributed by atoms with van der Waals surface area (Å²) in [5.74, 6) is 1.87. The van der Waals surface area contributed by atoms with Gasteiger partial charge < -0.3 is 18.3 Å². The molecule has 2 aromatic rings. The molecule has 1 aliphatic rings. The van der Waals surface area contributed by atoms with Crippen molar-refractivity contribution in [1.29, 1.82) is 0 Å². The van der Waals surface area contributed by atoms with Gasteiger partial charge in [-0.2, -0.15) is 10.0 Å². The van der Waals surface area contributed by atoms with Crippen LogP contribution in [0, 0.1) is 0 Å². The third-order valence-corrected chi connectivity index (χ3v) is 7.52. The molecule has 1 fully saturated rings. The van der Waals surface area contributed by atoms with Gasteiger partial charge in [0.1, 0.15) is 11.9 Å². The van der Waals surface area contributed by atoms with Crippen molar-refractivity contribution in [2.24, 2.45) is 0 Å². The lowest BCUT2D eigenvalue weighted by Gasteiger charge is -2.41. The second-order valence-electron chi connectivity index (χ2n) is 5.75. The first-order valence-corrected chi connectivity index (χ1v) is 10.1. The van der Waals surface area contributed by atoms with Crippen molar-refractivity contribution in [2.75, 3.05) is 23.4 Å². The first-order valence-electron chi connectivity index (χ1n) is 7.84. The Balaban J connectivity index is 1.59. The first-order chi connectivity index (χ1) is 11.7. The molecule has 3 heterocycles. The Morgan fingerprint density at radius 3 is 1.79 bits per heavy atom. The van der Waals surface area contributed by atoms with E-state index < -0.39 is 22.0 Å². The quantitative estimate of drug-likeness (QED) is 0.736. The van der Waals surface area contributed by atoms with E-state index in [2.05, 4.69) is 0 Å². The molecular formula is C17H20O6S. The van der Waals surface area contributed by atoms with E-state index in [0.717, 1.165) is 30.8 Å². The van der Waals surface area contributed by atoms with Crippen LogP contribution in [-0.2, 0) is 9.47 Å². The summed E-state index contributed by atoms with van der Waals surface area (Å²) in [4.78, 5) is 24.0. The van der Waals surface area contributed by atoms with E-state index in [0.29, 0.717) is 0 Å². The minimum absolute atomic E-state index is 0.188. The van der Waals surface area contributed by atoms with Crippen molar-refractivity contribution >= 4 is 22.0 Å².